The van der Waals surface area contributed by atoms with Crippen molar-refractivity contribution in [3.63, 3.8) is 0 Å². The molecule has 0 atom stereocenters. The highest BCUT2D eigenvalue weighted by Gasteiger charge is 2.17. The van der Waals surface area contributed by atoms with Crippen LogP contribution in [0.5, 0.6) is 0 Å². The summed E-state index contributed by atoms with van der Waals surface area (Å²) in [5, 5.41) is 0. The molecule has 0 saturated carbocycles. The van der Waals surface area contributed by atoms with E-state index in [1.165, 1.54) is 0 Å². The van der Waals surface area contributed by atoms with Gasteiger partial charge in [0, 0.05) is 16.6 Å². The van der Waals surface area contributed by atoms with Gasteiger partial charge in [-0.05, 0) is 73.2 Å². The molecule has 0 spiro atoms. The number of carbonyl (C=O) groups is 1. The molecule has 6 nitrogen and oxygen atoms in total. The molecule has 30 heavy (non-hydrogen) atoms. The van der Waals surface area contributed by atoms with Crippen molar-refractivity contribution in [3.05, 3.63) is 70.8 Å². The van der Waals surface area contributed by atoms with Gasteiger partial charge < -0.3 is 14.7 Å². The van der Waals surface area contributed by atoms with Gasteiger partial charge in [0.1, 0.15) is 5.56 Å². The minimum atomic E-state index is -0.388. The average molecular weight is 396 g/mol. The Morgan fingerprint density at radius 2 is 1.43 bits per heavy atom. The molecular weight excluding hydrogens is 376 g/mol. The monoisotopic (exact) mass is 396 g/mol. The number of aromatic nitrogens is 4. The molecule has 0 fully saturated rings. The molecule has 3 aromatic rings. The first kappa shape index (κ1) is 18.1. The highest BCUT2D eigenvalue weighted by molar-refractivity contribution is 6.01. The summed E-state index contributed by atoms with van der Waals surface area (Å²) in [4.78, 5) is 28.8. The second kappa shape index (κ2) is 7.48. The largest absolute Gasteiger partial charge is 0.462 e. The van der Waals surface area contributed by atoms with Crippen LogP contribution in [0.25, 0.3) is 46.4 Å². The van der Waals surface area contributed by atoms with Gasteiger partial charge in [-0.3, -0.25) is 0 Å². The molecule has 0 radical (unpaired) electrons. The number of fused-ring (bicyclic) bond motifs is 8. The van der Waals surface area contributed by atoms with Gasteiger partial charge in [0.05, 0.1) is 34.9 Å². The van der Waals surface area contributed by atoms with Gasteiger partial charge >= 0.3 is 5.97 Å². The Bertz CT molecular complexity index is 1360. The summed E-state index contributed by atoms with van der Waals surface area (Å²) in [5.41, 5.74) is 6.87. The Morgan fingerprint density at radius 1 is 0.833 bits per heavy atom. The van der Waals surface area contributed by atoms with Crippen molar-refractivity contribution in [2.75, 3.05) is 6.61 Å². The van der Waals surface area contributed by atoms with Gasteiger partial charge in [-0.1, -0.05) is 6.92 Å². The number of nitrogens with zero attached hydrogens (tertiary/aromatic N) is 2. The molecule has 0 unspecified atom stereocenters. The Hall–Kier alpha value is -3.93. The highest BCUT2D eigenvalue weighted by atomic mass is 16.5. The van der Waals surface area contributed by atoms with E-state index in [4.69, 9.17) is 4.74 Å². The van der Waals surface area contributed by atoms with Gasteiger partial charge in [0.15, 0.2) is 0 Å². The molecular formula is C24H20N4O2. The second-order valence-electron chi connectivity index (χ2n) is 7.19. The van der Waals surface area contributed by atoms with E-state index in [0.29, 0.717) is 23.4 Å². The number of nitrogens with one attached hydrogen (secondary N) is 2. The van der Waals surface area contributed by atoms with Crippen molar-refractivity contribution in [2.24, 2.45) is 0 Å². The summed E-state index contributed by atoms with van der Waals surface area (Å²) in [5.74, 6) is -0.388. The van der Waals surface area contributed by atoms with E-state index in [-0.39, 0.29) is 5.97 Å². The third-order valence-electron chi connectivity index (χ3n) is 4.86. The number of ether oxygens (including phenoxy) is 1. The number of rotatable bonds is 3. The topological polar surface area (TPSA) is 83.7 Å². The van der Waals surface area contributed by atoms with E-state index in [2.05, 4.69) is 19.9 Å². The highest BCUT2D eigenvalue weighted by Crippen LogP contribution is 2.22. The van der Waals surface area contributed by atoms with E-state index >= 15 is 0 Å². The Balaban J connectivity index is 1.81. The normalized spacial score (nSPS) is 12.3. The van der Waals surface area contributed by atoms with Crippen LogP contribution in [0.1, 0.15) is 46.5 Å². The summed E-state index contributed by atoms with van der Waals surface area (Å²) in [6.07, 6.45) is 8.43. The number of H-pyrrole nitrogens is 2. The summed E-state index contributed by atoms with van der Waals surface area (Å²) in [6.45, 7) is 2.33. The van der Waals surface area contributed by atoms with E-state index in [1.54, 1.807) is 0 Å². The van der Waals surface area contributed by atoms with Crippen LogP contribution >= 0.6 is 0 Å². The zero-order valence-corrected chi connectivity index (χ0v) is 16.5. The Kier molecular flexibility index (Phi) is 4.52. The number of hydrogen-bond donors (Lipinski definition) is 2. The standard InChI is InChI=1S/C24H20N4O2/c1-2-11-30-24(29)23-21-9-7-19(27-21)13-17-5-3-15(25-17)12-16-4-6-18(26-16)14-20-8-10-22(23)28-20/h3-10,12-14,25,28H,2,11H2,1H3. The van der Waals surface area contributed by atoms with Crippen molar-refractivity contribution < 1.29 is 9.53 Å². The van der Waals surface area contributed by atoms with Crippen LogP contribution in [-0.2, 0) is 4.74 Å². The van der Waals surface area contributed by atoms with E-state index in [1.807, 2.05) is 73.7 Å². The molecule has 2 aliphatic heterocycles. The van der Waals surface area contributed by atoms with Crippen molar-refractivity contribution in [3.8, 4) is 0 Å². The molecule has 5 heterocycles. The zero-order valence-electron chi connectivity index (χ0n) is 16.5. The molecule has 2 N–H and O–H groups in total. The molecule has 0 amide bonds. The van der Waals surface area contributed by atoms with Crippen LogP contribution in [0.15, 0.2) is 42.5 Å². The number of aromatic amines is 2. The van der Waals surface area contributed by atoms with Gasteiger partial charge in [0.25, 0.3) is 0 Å². The molecule has 0 aromatic carbocycles. The predicted molar refractivity (Wildman–Crippen MR) is 119 cm³/mol. The summed E-state index contributed by atoms with van der Waals surface area (Å²) >= 11 is 0. The fraction of sp³-hybridized carbons (Fsp3) is 0.125. The molecule has 3 aromatic heterocycles. The SMILES string of the molecule is CCCOC(=O)c1c2nc(cc3ccc(cc4nc(cc5ccc1[nH]5)C=C4)[nH]3)C=C2. The molecule has 8 bridgehead atoms. The lowest BCUT2D eigenvalue weighted by Crippen LogP contribution is -2.08. The lowest BCUT2D eigenvalue weighted by atomic mass is 10.2. The fourth-order valence-corrected chi connectivity index (χ4v) is 3.49. The van der Waals surface area contributed by atoms with Crippen molar-refractivity contribution in [1.82, 2.24) is 19.9 Å². The van der Waals surface area contributed by atoms with Crippen LogP contribution < -0.4 is 0 Å². The molecule has 148 valence electrons. The summed E-state index contributed by atoms with van der Waals surface area (Å²) in [7, 11) is 0. The lowest BCUT2D eigenvalue weighted by Gasteiger charge is -2.04. The van der Waals surface area contributed by atoms with Gasteiger partial charge in [0.2, 0.25) is 0 Å². The predicted octanol–water partition coefficient (Wildman–Crippen LogP) is 5.22. The first-order valence-electron chi connectivity index (χ1n) is 9.92. The maximum atomic E-state index is 12.8. The van der Waals surface area contributed by atoms with E-state index in [0.717, 1.165) is 40.1 Å². The summed E-state index contributed by atoms with van der Waals surface area (Å²) < 4.78 is 5.44. The smallest absolute Gasteiger partial charge is 0.342 e. The van der Waals surface area contributed by atoms with Crippen molar-refractivity contribution in [1.29, 1.82) is 0 Å². The molecule has 2 aliphatic rings. The third kappa shape index (κ3) is 3.55. The number of esters is 1. The van der Waals surface area contributed by atoms with Crippen LogP contribution in [0.2, 0.25) is 0 Å². The first-order valence-corrected chi connectivity index (χ1v) is 9.92. The fourth-order valence-electron chi connectivity index (χ4n) is 3.49. The molecule has 0 saturated heterocycles. The zero-order chi connectivity index (χ0) is 20.5. The lowest BCUT2D eigenvalue weighted by molar-refractivity contribution is 0.0506. The molecule has 5 rings (SSSR count). The van der Waals surface area contributed by atoms with Crippen molar-refractivity contribution in [2.45, 2.75) is 13.3 Å². The average Bonchev–Trinajstić information content (AvgIpc) is 3.51. The third-order valence-corrected chi connectivity index (χ3v) is 4.86. The van der Waals surface area contributed by atoms with Gasteiger partial charge in [-0.15, -0.1) is 0 Å². The molecule has 6 heteroatoms. The van der Waals surface area contributed by atoms with Gasteiger partial charge in [-0.25, -0.2) is 14.8 Å². The Morgan fingerprint density at radius 3 is 2.13 bits per heavy atom. The van der Waals surface area contributed by atoms with Gasteiger partial charge in [-0.2, -0.15) is 0 Å². The minimum Gasteiger partial charge on any atom is -0.462 e. The van der Waals surface area contributed by atoms with Crippen LogP contribution in [0.4, 0.5) is 0 Å². The molecule has 0 aliphatic carbocycles. The van der Waals surface area contributed by atoms with E-state index < -0.39 is 0 Å². The summed E-state index contributed by atoms with van der Waals surface area (Å²) in [6, 6.07) is 13.7. The number of hydrogen-bond acceptors (Lipinski definition) is 4. The maximum absolute atomic E-state index is 12.8. The van der Waals surface area contributed by atoms with Crippen LogP contribution in [0.3, 0.4) is 0 Å². The van der Waals surface area contributed by atoms with Crippen molar-refractivity contribution >= 4 is 52.3 Å². The van der Waals surface area contributed by atoms with Crippen LogP contribution in [-0.4, -0.2) is 32.5 Å². The Labute approximate surface area is 173 Å². The first-order chi connectivity index (χ1) is 14.7. The van der Waals surface area contributed by atoms with E-state index in [9.17, 15) is 4.79 Å². The second-order valence-corrected chi connectivity index (χ2v) is 7.19. The minimum absolute atomic E-state index is 0.365. The quantitative estimate of drug-likeness (QED) is 0.409. The van der Waals surface area contributed by atoms with Crippen LogP contribution in [0, 0.1) is 0 Å². The maximum Gasteiger partial charge on any atom is 0.342 e. The number of carbonyl (C=O) groups excluding carboxylic acids is 1.